The van der Waals surface area contributed by atoms with Gasteiger partial charge in [-0.1, -0.05) is 6.07 Å². The largest absolute Gasteiger partial charge is 0.372 e. The lowest BCUT2D eigenvalue weighted by Crippen LogP contribution is -2.65. The molecular formula is C17H25N3O3. The molecule has 0 bridgehead atoms. The third-order valence-corrected chi connectivity index (χ3v) is 4.54. The Morgan fingerprint density at radius 3 is 3.04 bits per heavy atom. The van der Waals surface area contributed by atoms with E-state index < -0.39 is 0 Å². The van der Waals surface area contributed by atoms with Crippen LogP contribution in [-0.4, -0.2) is 72.8 Å². The number of amides is 1. The van der Waals surface area contributed by atoms with E-state index in [1.54, 1.807) is 25.2 Å². The second-order valence-electron chi connectivity index (χ2n) is 6.75. The summed E-state index contributed by atoms with van der Waals surface area (Å²) in [5.74, 6) is 0.0114. The zero-order valence-electron chi connectivity index (χ0n) is 13.9. The highest BCUT2D eigenvalue weighted by molar-refractivity contribution is 5.76. The Balaban J connectivity index is 1.45. The number of nitrogens with zero attached hydrogens (tertiary/aromatic N) is 3. The predicted octanol–water partition coefficient (Wildman–Crippen LogP) is 0.920. The standard InChI is InChI=1S/C17H25N3O3/c1-19(2)16(21)11-22-15-5-7-23-17(8-15)12-20(13-17)10-14-4-3-6-18-9-14/h3-4,6,9,15H,5,7-8,10-13H2,1-2H3/t15-/m1/s1. The van der Waals surface area contributed by atoms with Crippen LogP contribution in [0.15, 0.2) is 24.5 Å². The molecule has 1 aromatic heterocycles. The summed E-state index contributed by atoms with van der Waals surface area (Å²) in [7, 11) is 3.50. The molecule has 6 heteroatoms. The molecule has 0 unspecified atom stereocenters. The molecule has 0 aliphatic carbocycles. The number of pyridine rings is 1. The van der Waals surface area contributed by atoms with Crippen LogP contribution in [-0.2, 0) is 20.8 Å². The molecule has 2 aliphatic heterocycles. The fourth-order valence-electron chi connectivity index (χ4n) is 3.29. The zero-order chi connectivity index (χ0) is 16.3. The molecule has 3 heterocycles. The van der Waals surface area contributed by atoms with E-state index in [-0.39, 0.29) is 24.2 Å². The Labute approximate surface area is 137 Å². The first-order chi connectivity index (χ1) is 11.1. The van der Waals surface area contributed by atoms with Crippen molar-refractivity contribution in [3.63, 3.8) is 0 Å². The fraction of sp³-hybridized carbons (Fsp3) is 0.647. The fourth-order valence-corrected chi connectivity index (χ4v) is 3.29. The van der Waals surface area contributed by atoms with Gasteiger partial charge in [-0.15, -0.1) is 0 Å². The van der Waals surface area contributed by atoms with Gasteiger partial charge in [0.15, 0.2) is 0 Å². The minimum atomic E-state index is -0.0910. The lowest BCUT2D eigenvalue weighted by molar-refractivity contribution is -0.200. The molecular weight excluding hydrogens is 294 g/mol. The van der Waals surface area contributed by atoms with Crippen molar-refractivity contribution >= 4 is 5.91 Å². The van der Waals surface area contributed by atoms with Crippen molar-refractivity contribution < 1.29 is 14.3 Å². The Bertz CT molecular complexity index is 529. The van der Waals surface area contributed by atoms with Gasteiger partial charge in [-0.05, 0) is 18.1 Å². The minimum Gasteiger partial charge on any atom is -0.372 e. The minimum absolute atomic E-state index is 0.0114. The topological polar surface area (TPSA) is 54.9 Å². The summed E-state index contributed by atoms with van der Waals surface area (Å²) in [6.07, 6.45) is 5.56. The number of likely N-dealkylation sites (N-methyl/N-ethyl adjacent to an activating group) is 1. The highest BCUT2D eigenvalue weighted by atomic mass is 16.5. The molecule has 2 fully saturated rings. The van der Waals surface area contributed by atoms with E-state index in [1.165, 1.54) is 5.56 Å². The number of rotatable bonds is 5. The van der Waals surface area contributed by atoms with Crippen LogP contribution in [0.1, 0.15) is 18.4 Å². The van der Waals surface area contributed by atoms with Gasteiger partial charge in [-0.3, -0.25) is 14.7 Å². The second-order valence-corrected chi connectivity index (χ2v) is 6.75. The summed E-state index contributed by atoms with van der Waals surface area (Å²) in [5.41, 5.74) is 1.13. The zero-order valence-corrected chi connectivity index (χ0v) is 13.9. The van der Waals surface area contributed by atoms with Crippen molar-refractivity contribution in [2.45, 2.75) is 31.1 Å². The monoisotopic (exact) mass is 319 g/mol. The van der Waals surface area contributed by atoms with Crippen molar-refractivity contribution in [3.05, 3.63) is 30.1 Å². The molecule has 1 amide bonds. The number of hydrogen-bond donors (Lipinski definition) is 0. The van der Waals surface area contributed by atoms with E-state index >= 15 is 0 Å². The van der Waals surface area contributed by atoms with E-state index in [4.69, 9.17) is 9.47 Å². The van der Waals surface area contributed by atoms with Crippen molar-refractivity contribution in [1.82, 2.24) is 14.8 Å². The van der Waals surface area contributed by atoms with E-state index in [0.717, 1.165) is 32.5 Å². The first kappa shape index (κ1) is 16.4. The van der Waals surface area contributed by atoms with Crippen LogP contribution in [0.25, 0.3) is 0 Å². The molecule has 2 aliphatic rings. The Hall–Kier alpha value is -1.50. The van der Waals surface area contributed by atoms with Gasteiger partial charge >= 0.3 is 0 Å². The summed E-state index contributed by atoms with van der Waals surface area (Å²) < 4.78 is 11.8. The van der Waals surface area contributed by atoms with Crippen LogP contribution >= 0.6 is 0 Å². The van der Waals surface area contributed by atoms with E-state index in [0.29, 0.717) is 6.61 Å². The van der Waals surface area contributed by atoms with Gasteiger partial charge in [0, 0.05) is 59.2 Å². The summed E-state index contributed by atoms with van der Waals surface area (Å²) >= 11 is 0. The Kier molecular flexibility index (Phi) is 4.94. The maximum atomic E-state index is 11.6. The molecule has 1 spiro atoms. The summed E-state index contributed by atoms with van der Waals surface area (Å²) in [4.78, 5) is 19.7. The number of aromatic nitrogens is 1. The van der Waals surface area contributed by atoms with E-state index in [9.17, 15) is 4.79 Å². The van der Waals surface area contributed by atoms with Gasteiger partial charge in [0.05, 0.1) is 11.7 Å². The van der Waals surface area contributed by atoms with Crippen molar-refractivity contribution in [3.8, 4) is 0 Å². The van der Waals surface area contributed by atoms with Crippen molar-refractivity contribution in [2.24, 2.45) is 0 Å². The third kappa shape index (κ3) is 4.07. The average Bonchev–Trinajstić information content (AvgIpc) is 2.52. The van der Waals surface area contributed by atoms with Crippen LogP contribution in [0.3, 0.4) is 0 Å². The van der Waals surface area contributed by atoms with Gasteiger partial charge in [-0.2, -0.15) is 0 Å². The van der Waals surface area contributed by atoms with Crippen LogP contribution in [0, 0.1) is 0 Å². The van der Waals surface area contributed by atoms with E-state index in [1.807, 2.05) is 12.3 Å². The molecule has 0 saturated carbocycles. The quantitative estimate of drug-likeness (QED) is 0.808. The Morgan fingerprint density at radius 2 is 2.35 bits per heavy atom. The molecule has 1 atom stereocenters. The summed E-state index contributed by atoms with van der Waals surface area (Å²) in [5, 5.41) is 0. The van der Waals surface area contributed by atoms with Crippen molar-refractivity contribution in [1.29, 1.82) is 0 Å². The molecule has 1 aromatic rings. The normalized spacial score (nSPS) is 23.5. The Morgan fingerprint density at radius 1 is 1.52 bits per heavy atom. The van der Waals surface area contributed by atoms with Gasteiger partial charge in [0.1, 0.15) is 6.61 Å². The number of likely N-dealkylation sites (tertiary alicyclic amines) is 1. The molecule has 0 N–H and O–H groups in total. The maximum Gasteiger partial charge on any atom is 0.248 e. The third-order valence-electron chi connectivity index (χ3n) is 4.54. The molecule has 23 heavy (non-hydrogen) atoms. The van der Waals surface area contributed by atoms with Gasteiger partial charge in [-0.25, -0.2) is 0 Å². The molecule has 126 valence electrons. The number of hydrogen-bond acceptors (Lipinski definition) is 5. The summed E-state index contributed by atoms with van der Waals surface area (Å²) in [6, 6.07) is 4.06. The molecule has 3 rings (SSSR count). The maximum absolute atomic E-state index is 11.6. The number of ether oxygens (including phenoxy) is 2. The van der Waals surface area contributed by atoms with Gasteiger partial charge in [0.25, 0.3) is 0 Å². The lowest BCUT2D eigenvalue weighted by atomic mass is 9.84. The first-order valence-corrected chi connectivity index (χ1v) is 8.13. The number of carbonyl (C=O) groups is 1. The van der Waals surface area contributed by atoms with Gasteiger partial charge in [0.2, 0.25) is 5.91 Å². The predicted molar refractivity (Wildman–Crippen MR) is 85.9 cm³/mol. The highest BCUT2D eigenvalue weighted by Crippen LogP contribution is 2.35. The SMILES string of the molecule is CN(C)C(=O)CO[C@@H]1CCOC2(C1)CN(Cc1cccnc1)C2. The van der Waals surface area contributed by atoms with Crippen LogP contribution < -0.4 is 0 Å². The molecule has 0 radical (unpaired) electrons. The molecule has 6 nitrogen and oxygen atoms in total. The highest BCUT2D eigenvalue weighted by Gasteiger charge is 2.47. The van der Waals surface area contributed by atoms with Crippen LogP contribution in [0.2, 0.25) is 0 Å². The summed E-state index contributed by atoms with van der Waals surface area (Å²) in [6.45, 7) is 3.62. The number of carbonyl (C=O) groups excluding carboxylic acids is 1. The first-order valence-electron chi connectivity index (χ1n) is 8.13. The lowest BCUT2D eigenvalue weighted by Gasteiger charge is -2.53. The smallest absolute Gasteiger partial charge is 0.248 e. The van der Waals surface area contributed by atoms with Gasteiger partial charge < -0.3 is 14.4 Å². The molecule has 0 aromatic carbocycles. The van der Waals surface area contributed by atoms with Crippen LogP contribution in [0.5, 0.6) is 0 Å². The van der Waals surface area contributed by atoms with Crippen LogP contribution in [0.4, 0.5) is 0 Å². The second kappa shape index (κ2) is 6.95. The van der Waals surface area contributed by atoms with Crippen molar-refractivity contribution in [2.75, 3.05) is 40.4 Å². The average molecular weight is 319 g/mol. The molecule has 2 saturated heterocycles. The van der Waals surface area contributed by atoms with E-state index in [2.05, 4.69) is 16.0 Å².